The molecular formula is C14H16N2O2. The molecule has 1 aromatic rings. The van der Waals surface area contributed by atoms with Crippen LogP contribution in [0.1, 0.15) is 30.4 Å². The number of anilines is 1. The van der Waals surface area contributed by atoms with E-state index in [1.54, 1.807) is 6.07 Å². The van der Waals surface area contributed by atoms with Crippen molar-refractivity contribution in [1.29, 1.82) is 5.26 Å². The smallest absolute Gasteiger partial charge is 0.306 e. The monoisotopic (exact) mass is 244 g/mol. The highest BCUT2D eigenvalue weighted by Crippen LogP contribution is 2.30. The van der Waals surface area contributed by atoms with E-state index in [1.807, 2.05) is 19.1 Å². The van der Waals surface area contributed by atoms with E-state index in [2.05, 4.69) is 11.4 Å². The standard InChI is InChI=1S/C14H16N2O2/c1-9-3-2-4-11(8-15)13(9)16-12-6-5-10(7-12)14(17)18/h2-4,10,12,16H,5-7H2,1H3,(H,17,18)/t10-,12+/m1/s1. The van der Waals surface area contributed by atoms with E-state index >= 15 is 0 Å². The van der Waals surface area contributed by atoms with Gasteiger partial charge in [-0.3, -0.25) is 4.79 Å². The van der Waals surface area contributed by atoms with E-state index in [4.69, 9.17) is 10.4 Å². The highest BCUT2D eigenvalue weighted by atomic mass is 16.4. The van der Waals surface area contributed by atoms with Gasteiger partial charge in [-0.2, -0.15) is 5.26 Å². The first-order chi connectivity index (χ1) is 8.61. The highest BCUT2D eigenvalue weighted by molar-refractivity contribution is 5.71. The minimum Gasteiger partial charge on any atom is -0.481 e. The summed E-state index contributed by atoms with van der Waals surface area (Å²) in [6.07, 6.45) is 2.19. The zero-order chi connectivity index (χ0) is 13.1. The highest BCUT2D eigenvalue weighted by Gasteiger charge is 2.30. The van der Waals surface area contributed by atoms with Crippen LogP contribution in [-0.4, -0.2) is 17.1 Å². The first-order valence-corrected chi connectivity index (χ1v) is 6.11. The second-order valence-corrected chi connectivity index (χ2v) is 4.80. The number of aliphatic carboxylic acids is 1. The van der Waals surface area contributed by atoms with Crippen molar-refractivity contribution in [3.63, 3.8) is 0 Å². The number of hydrogen-bond donors (Lipinski definition) is 2. The fraction of sp³-hybridized carbons (Fsp3) is 0.429. The first kappa shape index (κ1) is 12.4. The molecule has 1 saturated carbocycles. The van der Waals surface area contributed by atoms with Crippen LogP contribution >= 0.6 is 0 Å². The summed E-state index contributed by atoms with van der Waals surface area (Å²) in [7, 11) is 0. The molecule has 4 nitrogen and oxygen atoms in total. The molecule has 0 bridgehead atoms. The zero-order valence-electron chi connectivity index (χ0n) is 10.3. The molecule has 0 aliphatic heterocycles. The summed E-state index contributed by atoms with van der Waals surface area (Å²) in [6, 6.07) is 7.90. The van der Waals surface area contributed by atoms with Crippen LogP contribution in [0.25, 0.3) is 0 Å². The average molecular weight is 244 g/mol. The molecule has 18 heavy (non-hydrogen) atoms. The van der Waals surface area contributed by atoms with E-state index < -0.39 is 5.97 Å². The molecule has 1 fully saturated rings. The minimum absolute atomic E-state index is 0.152. The van der Waals surface area contributed by atoms with Crippen LogP contribution in [0.2, 0.25) is 0 Å². The van der Waals surface area contributed by atoms with Gasteiger partial charge in [-0.05, 0) is 37.8 Å². The zero-order valence-corrected chi connectivity index (χ0v) is 10.3. The second-order valence-electron chi connectivity index (χ2n) is 4.80. The molecule has 94 valence electrons. The van der Waals surface area contributed by atoms with Crippen molar-refractivity contribution in [1.82, 2.24) is 0 Å². The van der Waals surface area contributed by atoms with E-state index in [0.717, 1.165) is 17.7 Å². The predicted octanol–water partition coefficient (Wildman–Crippen LogP) is 2.53. The second kappa shape index (κ2) is 5.09. The topological polar surface area (TPSA) is 73.1 Å². The molecule has 0 aromatic heterocycles. The third-order valence-electron chi connectivity index (χ3n) is 3.52. The van der Waals surface area contributed by atoms with Gasteiger partial charge in [0, 0.05) is 6.04 Å². The summed E-state index contributed by atoms with van der Waals surface area (Å²) < 4.78 is 0. The summed E-state index contributed by atoms with van der Waals surface area (Å²) in [5.74, 6) is -0.971. The maximum atomic E-state index is 10.9. The van der Waals surface area contributed by atoms with Gasteiger partial charge in [-0.25, -0.2) is 0 Å². The molecule has 0 spiro atoms. The largest absolute Gasteiger partial charge is 0.481 e. The third-order valence-corrected chi connectivity index (χ3v) is 3.52. The van der Waals surface area contributed by atoms with Crippen LogP contribution in [-0.2, 0) is 4.79 Å². The van der Waals surface area contributed by atoms with Gasteiger partial charge >= 0.3 is 5.97 Å². The van der Waals surface area contributed by atoms with Crippen LogP contribution in [0.4, 0.5) is 5.69 Å². The average Bonchev–Trinajstić information content (AvgIpc) is 2.80. The summed E-state index contributed by atoms with van der Waals surface area (Å²) in [5, 5.41) is 21.4. The molecule has 0 saturated heterocycles. The number of carbonyl (C=O) groups is 1. The van der Waals surface area contributed by atoms with Crippen LogP contribution in [0.3, 0.4) is 0 Å². The maximum absolute atomic E-state index is 10.9. The quantitative estimate of drug-likeness (QED) is 0.857. The molecule has 0 heterocycles. The van der Waals surface area contributed by atoms with E-state index in [9.17, 15) is 4.79 Å². The van der Waals surface area contributed by atoms with Crippen molar-refractivity contribution < 1.29 is 9.90 Å². The van der Waals surface area contributed by atoms with E-state index in [-0.39, 0.29) is 12.0 Å². The molecule has 1 aliphatic carbocycles. The molecule has 2 rings (SSSR count). The van der Waals surface area contributed by atoms with E-state index in [1.165, 1.54) is 0 Å². The molecule has 0 unspecified atom stereocenters. The number of hydrogen-bond acceptors (Lipinski definition) is 3. The Bertz CT molecular complexity index is 505. The lowest BCUT2D eigenvalue weighted by molar-refractivity contribution is -0.141. The van der Waals surface area contributed by atoms with Crippen molar-refractivity contribution in [2.24, 2.45) is 5.92 Å². The van der Waals surface area contributed by atoms with E-state index in [0.29, 0.717) is 18.4 Å². The van der Waals surface area contributed by atoms with Gasteiger partial charge in [0.1, 0.15) is 6.07 Å². The Morgan fingerprint density at radius 2 is 2.28 bits per heavy atom. The number of carboxylic acid groups (broad SMARTS) is 1. The SMILES string of the molecule is Cc1cccc(C#N)c1N[C@H]1CC[C@@H](C(=O)O)C1. The Hall–Kier alpha value is -2.02. The molecule has 1 aromatic carbocycles. The van der Waals surface area contributed by atoms with Crippen LogP contribution in [0.5, 0.6) is 0 Å². The van der Waals surface area contributed by atoms with Crippen LogP contribution in [0.15, 0.2) is 18.2 Å². The van der Waals surface area contributed by atoms with Crippen LogP contribution in [0, 0.1) is 24.2 Å². The number of benzene rings is 1. The Balaban J connectivity index is 2.12. The molecular weight excluding hydrogens is 228 g/mol. The van der Waals surface area contributed by atoms with Gasteiger partial charge in [0.2, 0.25) is 0 Å². The van der Waals surface area contributed by atoms with Crippen LogP contribution < -0.4 is 5.32 Å². The van der Waals surface area contributed by atoms with Gasteiger partial charge in [0.15, 0.2) is 0 Å². The molecule has 0 amide bonds. The lowest BCUT2D eigenvalue weighted by atomic mass is 10.1. The first-order valence-electron chi connectivity index (χ1n) is 6.11. The number of aryl methyl sites for hydroxylation is 1. The third kappa shape index (κ3) is 2.45. The Labute approximate surface area is 106 Å². The van der Waals surface area contributed by atoms with Crippen molar-refractivity contribution in [2.75, 3.05) is 5.32 Å². The molecule has 2 atom stereocenters. The van der Waals surface area contributed by atoms with Crippen molar-refractivity contribution >= 4 is 11.7 Å². The molecule has 0 radical (unpaired) electrons. The minimum atomic E-state index is -0.718. The molecule has 1 aliphatic rings. The van der Waals surface area contributed by atoms with Gasteiger partial charge in [0.25, 0.3) is 0 Å². The fourth-order valence-electron chi connectivity index (χ4n) is 2.49. The van der Waals surface area contributed by atoms with Crippen molar-refractivity contribution in [3.05, 3.63) is 29.3 Å². The molecule has 2 N–H and O–H groups in total. The van der Waals surface area contributed by atoms with Gasteiger partial charge < -0.3 is 10.4 Å². The van der Waals surface area contributed by atoms with Gasteiger partial charge in [-0.1, -0.05) is 12.1 Å². The number of para-hydroxylation sites is 1. The number of nitriles is 1. The lowest BCUT2D eigenvalue weighted by Gasteiger charge is -2.17. The molecule has 4 heteroatoms. The maximum Gasteiger partial charge on any atom is 0.306 e. The number of carboxylic acids is 1. The Morgan fingerprint density at radius 1 is 1.50 bits per heavy atom. The predicted molar refractivity (Wildman–Crippen MR) is 68.3 cm³/mol. The number of nitrogens with one attached hydrogen (secondary N) is 1. The summed E-state index contributed by atoms with van der Waals surface area (Å²) in [5.41, 5.74) is 2.48. The Kier molecular flexibility index (Phi) is 3.52. The lowest BCUT2D eigenvalue weighted by Crippen LogP contribution is -2.19. The van der Waals surface area contributed by atoms with Gasteiger partial charge in [-0.15, -0.1) is 0 Å². The fourth-order valence-corrected chi connectivity index (χ4v) is 2.49. The Morgan fingerprint density at radius 3 is 2.89 bits per heavy atom. The van der Waals surface area contributed by atoms with Crippen molar-refractivity contribution in [2.45, 2.75) is 32.2 Å². The summed E-state index contributed by atoms with van der Waals surface area (Å²) >= 11 is 0. The van der Waals surface area contributed by atoms with Crippen molar-refractivity contribution in [3.8, 4) is 6.07 Å². The number of rotatable bonds is 3. The normalized spacial score (nSPS) is 22.4. The summed E-state index contributed by atoms with van der Waals surface area (Å²) in [4.78, 5) is 10.9. The number of nitrogens with zero attached hydrogens (tertiary/aromatic N) is 1. The summed E-state index contributed by atoms with van der Waals surface area (Å²) in [6.45, 7) is 1.95. The van der Waals surface area contributed by atoms with Gasteiger partial charge in [0.05, 0.1) is 17.2 Å².